The molecule has 0 bridgehead atoms. The van der Waals surface area contributed by atoms with Gasteiger partial charge >= 0.3 is 0 Å². The van der Waals surface area contributed by atoms with E-state index in [9.17, 15) is 5.11 Å². The molecule has 1 atom stereocenters. The van der Waals surface area contributed by atoms with Gasteiger partial charge in [0.2, 0.25) is 0 Å². The lowest BCUT2D eigenvalue weighted by atomic mass is 10.1. The molecule has 1 nitrogen and oxygen atoms in total. The van der Waals surface area contributed by atoms with E-state index in [1.807, 2.05) is 18.2 Å². The highest BCUT2D eigenvalue weighted by molar-refractivity contribution is 6.83. The van der Waals surface area contributed by atoms with Gasteiger partial charge in [0.15, 0.2) is 0 Å². The Morgan fingerprint density at radius 2 is 1.81 bits per heavy atom. The van der Waals surface area contributed by atoms with Crippen molar-refractivity contribution in [1.29, 1.82) is 0 Å². The van der Waals surface area contributed by atoms with Crippen LogP contribution in [0.4, 0.5) is 0 Å². The van der Waals surface area contributed by atoms with Crippen molar-refractivity contribution in [3.8, 4) is 11.5 Å². The monoisotopic (exact) mass is 232 g/mol. The van der Waals surface area contributed by atoms with Crippen LogP contribution < -0.4 is 0 Å². The Kier molecular flexibility index (Phi) is 4.79. The van der Waals surface area contributed by atoms with Crippen molar-refractivity contribution in [3.05, 3.63) is 35.9 Å². The average molecular weight is 232 g/mol. The van der Waals surface area contributed by atoms with Crippen molar-refractivity contribution < 1.29 is 5.11 Å². The number of hydrogen-bond acceptors (Lipinski definition) is 1. The van der Waals surface area contributed by atoms with E-state index in [2.05, 4.69) is 43.2 Å². The third-order valence-corrected chi connectivity index (χ3v) is 3.06. The van der Waals surface area contributed by atoms with E-state index in [1.54, 1.807) is 0 Å². The molecule has 0 aliphatic rings. The van der Waals surface area contributed by atoms with Gasteiger partial charge in [-0.3, -0.25) is 0 Å². The Labute approximate surface area is 99.5 Å². The fourth-order valence-electron chi connectivity index (χ4n) is 1.32. The molecule has 0 aliphatic carbocycles. The van der Waals surface area contributed by atoms with Crippen LogP contribution in [0.1, 0.15) is 12.0 Å². The summed E-state index contributed by atoms with van der Waals surface area (Å²) < 4.78 is 0. The van der Waals surface area contributed by atoms with Crippen molar-refractivity contribution >= 4 is 8.07 Å². The van der Waals surface area contributed by atoms with Crippen LogP contribution in [0.5, 0.6) is 0 Å². The molecule has 1 aromatic rings. The Morgan fingerprint density at radius 1 is 1.19 bits per heavy atom. The first kappa shape index (κ1) is 13.0. The molecule has 0 amide bonds. The molecule has 0 spiro atoms. The van der Waals surface area contributed by atoms with E-state index in [-0.39, 0.29) is 0 Å². The third-order valence-electron chi connectivity index (χ3n) is 2.16. The smallest absolute Gasteiger partial charge is 0.129 e. The van der Waals surface area contributed by atoms with Crippen LogP contribution in [0.25, 0.3) is 0 Å². The quantitative estimate of drug-likeness (QED) is 0.627. The van der Waals surface area contributed by atoms with Crippen LogP contribution >= 0.6 is 0 Å². The number of hydrogen-bond donors (Lipinski definition) is 1. The summed E-state index contributed by atoms with van der Waals surface area (Å²) in [5, 5.41) is 9.72. The van der Waals surface area contributed by atoms with Crippen molar-refractivity contribution in [1.82, 2.24) is 0 Å². The second-order valence-electron chi connectivity index (χ2n) is 5.06. The van der Waals surface area contributed by atoms with Crippen LogP contribution in [0, 0.1) is 11.5 Å². The molecule has 0 saturated heterocycles. The maximum absolute atomic E-state index is 9.72. The average Bonchev–Trinajstić information content (AvgIpc) is 2.24. The molecule has 2 heteroatoms. The number of aryl methyl sites for hydroxylation is 1. The van der Waals surface area contributed by atoms with Crippen molar-refractivity contribution in [2.75, 3.05) is 0 Å². The van der Waals surface area contributed by atoms with Crippen LogP contribution in [0.3, 0.4) is 0 Å². The first-order valence-corrected chi connectivity index (χ1v) is 9.22. The summed E-state index contributed by atoms with van der Waals surface area (Å²) in [4.78, 5) is 0. The maximum atomic E-state index is 9.72. The highest BCUT2D eigenvalue weighted by Gasteiger charge is 2.08. The van der Waals surface area contributed by atoms with E-state index >= 15 is 0 Å². The predicted molar refractivity (Wildman–Crippen MR) is 71.9 cm³/mol. The number of rotatable bonds is 3. The molecule has 1 aromatic carbocycles. The number of aliphatic hydroxyl groups is 1. The predicted octanol–water partition coefficient (Wildman–Crippen LogP) is 2.86. The summed E-state index contributed by atoms with van der Waals surface area (Å²) >= 11 is 0. The summed E-state index contributed by atoms with van der Waals surface area (Å²) in [6.07, 6.45) is 1.14. The van der Waals surface area contributed by atoms with E-state index < -0.39 is 14.2 Å². The zero-order chi connectivity index (χ0) is 12.0. The summed E-state index contributed by atoms with van der Waals surface area (Å²) in [6.45, 7) is 6.55. The molecule has 0 aliphatic heterocycles. The lowest BCUT2D eigenvalue weighted by molar-refractivity contribution is 0.222. The first-order chi connectivity index (χ1) is 7.47. The highest BCUT2D eigenvalue weighted by atomic mass is 28.3. The molecule has 0 saturated carbocycles. The lowest BCUT2D eigenvalue weighted by Gasteiger charge is -2.07. The summed E-state index contributed by atoms with van der Waals surface area (Å²) in [5.41, 5.74) is 4.46. The van der Waals surface area contributed by atoms with Crippen LogP contribution in [0.15, 0.2) is 30.3 Å². The molecule has 86 valence electrons. The Balaban J connectivity index is 2.41. The van der Waals surface area contributed by atoms with E-state index in [0.717, 1.165) is 12.8 Å². The SMILES string of the molecule is C[Si](C)(C)C#CC(O)CCc1ccccc1. The third kappa shape index (κ3) is 5.74. The zero-order valence-corrected chi connectivity index (χ0v) is 11.3. The summed E-state index contributed by atoms with van der Waals surface area (Å²) in [7, 11) is -1.35. The largest absolute Gasteiger partial charge is 0.380 e. The van der Waals surface area contributed by atoms with Crippen molar-refractivity contribution in [2.24, 2.45) is 0 Å². The van der Waals surface area contributed by atoms with Gasteiger partial charge < -0.3 is 5.11 Å². The van der Waals surface area contributed by atoms with Crippen LogP contribution in [-0.2, 0) is 6.42 Å². The van der Waals surface area contributed by atoms with Gasteiger partial charge in [-0.15, -0.1) is 5.54 Å². The fourth-order valence-corrected chi connectivity index (χ4v) is 1.92. The molecular formula is C14H20OSi. The van der Waals surface area contributed by atoms with Gasteiger partial charge in [0, 0.05) is 0 Å². The van der Waals surface area contributed by atoms with Crippen LogP contribution in [-0.4, -0.2) is 19.3 Å². The first-order valence-electron chi connectivity index (χ1n) is 5.72. The summed E-state index contributed by atoms with van der Waals surface area (Å²) in [6, 6.07) is 10.2. The molecule has 0 radical (unpaired) electrons. The van der Waals surface area contributed by atoms with Gasteiger partial charge in [-0.05, 0) is 18.4 Å². The minimum Gasteiger partial charge on any atom is -0.380 e. The number of aliphatic hydroxyl groups excluding tert-OH is 1. The highest BCUT2D eigenvalue weighted by Crippen LogP contribution is 2.05. The lowest BCUT2D eigenvalue weighted by Crippen LogP contribution is -2.18. The second kappa shape index (κ2) is 5.88. The summed E-state index contributed by atoms with van der Waals surface area (Å²) in [5.74, 6) is 2.96. The van der Waals surface area contributed by atoms with E-state index in [1.165, 1.54) is 5.56 Å². The number of benzene rings is 1. The van der Waals surface area contributed by atoms with E-state index in [4.69, 9.17) is 0 Å². The maximum Gasteiger partial charge on any atom is 0.129 e. The van der Waals surface area contributed by atoms with Gasteiger partial charge in [0.1, 0.15) is 14.2 Å². The van der Waals surface area contributed by atoms with Gasteiger partial charge in [-0.2, -0.15) is 0 Å². The minimum absolute atomic E-state index is 0.480. The van der Waals surface area contributed by atoms with Gasteiger partial charge in [-0.25, -0.2) is 0 Å². The van der Waals surface area contributed by atoms with Gasteiger partial charge in [-0.1, -0.05) is 55.9 Å². The Morgan fingerprint density at radius 3 is 2.38 bits per heavy atom. The van der Waals surface area contributed by atoms with E-state index in [0.29, 0.717) is 0 Å². The fraction of sp³-hybridized carbons (Fsp3) is 0.429. The minimum atomic E-state index is -1.35. The molecular weight excluding hydrogens is 212 g/mol. The van der Waals surface area contributed by atoms with Gasteiger partial charge in [0.05, 0.1) is 0 Å². The zero-order valence-electron chi connectivity index (χ0n) is 10.3. The Hall–Kier alpha value is -1.04. The molecule has 1 N–H and O–H groups in total. The Bertz CT molecular complexity index is 367. The van der Waals surface area contributed by atoms with Crippen LogP contribution in [0.2, 0.25) is 19.6 Å². The topological polar surface area (TPSA) is 20.2 Å². The molecule has 0 fully saturated rings. The molecule has 1 rings (SSSR count). The molecule has 0 heterocycles. The molecule has 1 unspecified atom stereocenters. The van der Waals surface area contributed by atoms with Crippen molar-refractivity contribution in [3.63, 3.8) is 0 Å². The van der Waals surface area contributed by atoms with Crippen molar-refractivity contribution in [2.45, 2.75) is 38.6 Å². The molecule has 0 aromatic heterocycles. The second-order valence-corrected chi connectivity index (χ2v) is 9.81. The standard InChI is InChI=1S/C14H20OSi/c1-16(2,3)12-11-14(15)10-9-13-7-5-4-6-8-13/h4-8,14-15H,9-10H2,1-3H3. The normalized spacial score (nSPS) is 12.8. The van der Waals surface area contributed by atoms with Gasteiger partial charge in [0.25, 0.3) is 0 Å². The molecule has 16 heavy (non-hydrogen) atoms.